The molecule has 2 nitrogen and oxygen atoms in total. The third-order valence-electron chi connectivity index (χ3n) is 4.31. The lowest BCUT2D eigenvalue weighted by molar-refractivity contribution is 0.219. The summed E-state index contributed by atoms with van der Waals surface area (Å²) in [5.74, 6) is 0. The van der Waals surface area contributed by atoms with E-state index in [1.165, 1.54) is 44.3 Å². The maximum atomic E-state index is 3.39. The molecule has 2 heteroatoms. The van der Waals surface area contributed by atoms with E-state index in [1.54, 1.807) is 0 Å². The highest BCUT2D eigenvalue weighted by atomic mass is 15.1. The number of nitrogens with zero attached hydrogens (tertiary/aromatic N) is 1. The van der Waals surface area contributed by atoms with Gasteiger partial charge < -0.3 is 10.2 Å². The number of rotatable bonds is 5. The van der Waals surface area contributed by atoms with Crippen LogP contribution in [0.5, 0.6) is 0 Å². The summed E-state index contributed by atoms with van der Waals surface area (Å²) in [6, 6.07) is 11.0. The Morgan fingerprint density at radius 2 is 1.68 bits per heavy atom. The van der Waals surface area contributed by atoms with Gasteiger partial charge in [-0.3, -0.25) is 0 Å². The monoisotopic (exact) mass is 260 g/mol. The molecular weight excluding hydrogens is 232 g/mol. The van der Waals surface area contributed by atoms with Crippen molar-refractivity contribution in [2.24, 2.45) is 0 Å². The molecule has 0 spiro atoms. The molecule has 1 aliphatic heterocycles. The molecule has 1 fully saturated rings. The first-order chi connectivity index (χ1) is 9.24. The molecule has 0 radical (unpaired) electrons. The molecule has 0 aromatic heterocycles. The van der Waals surface area contributed by atoms with Gasteiger partial charge in [-0.1, -0.05) is 50.1 Å². The van der Waals surface area contributed by atoms with Gasteiger partial charge in [0.2, 0.25) is 0 Å². The van der Waals surface area contributed by atoms with Crippen molar-refractivity contribution in [3.05, 3.63) is 35.9 Å². The van der Waals surface area contributed by atoms with Crippen molar-refractivity contribution in [3.63, 3.8) is 0 Å². The van der Waals surface area contributed by atoms with Gasteiger partial charge >= 0.3 is 0 Å². The van der Waals surface area contributed by atoms with Crippen molar-refractivity contribution in [2.75, 3.05) is 33.2 Å². The molecule has 0 aliphatic carbocycles. The first-order valence-corrected chi connectivity index (χ1v) is 7.67. The van der Waals surface area contributed by atoms with E-state index in [-0.39, 0.29) is 5.41 Å². The van der Waals surface area contributed by atoms with Gasteiger partial charge in [0, 0.05) is 18.5 Å². The van der Waals surface area contributed by atoms with Crippen molar-refractivity contribution in [3.8, 4) is 0 Å². The Bertz CT molecular complexity index is 355. The molecule has 1 unspecified atom stereocenters. The van der Waals surface area contributed by atoms with Crippen molar-refractivity contribution < 1.29 is 0 Å². The zero-order valence-corrected chi connectivity index (χ0v) is 12.5. The molecule has 0 amide bonds. The molecule has 1 aromatic carbocycles. The molecule has 2 rings (SSSR count). The quantitative estimate of drug-likeness (QED) is 0.875. The van der Waals surface area contributed by atoms with Gasteiger partial charge in [0.1, 0.15) is 0 Å². The highest BCUT2D eigenvalue weighted by molar-refractivity contribution is 5.25. The topological polar surface area (TPSA) is 15.3 Å². The SMILES string of the molecule is CNCC(C)(CN1CCCCCC1)c1ccccc1. The van der Waals surface area contributed by atoms with Crippen molar-refractivity contribution in [1.82, 2.24) is 10.2 Å². The van der Waals surface area contributed by atoms with Crippen LogP contribution < -0.4 is 5.32 Å². The summed E-state index contributed by atoms with van der Waals surface area (Å²) >= 11 is 0. The van der Waals surface area contributed by atoms with Crippen LogP contribution in [0, 0.1) is 0 Å². The lowest BCUT2D eigenvalue weighted by Gasteiger charge is -2.35. The second-order valence-corrected chi connectivity index (χ2v) is 6.15. The van der Waals surface area contributed by atoms with Crippen LogP contribution in [0.15, 0.2) is 30.3 Å². The number of nitrogens with one attached hydrogen (secondary N) is 1. The van der Waals surface area contributed by atoms with Crippen LogP contribution >= 0.6 is 0 Å². The second-order valence-electron chi connectivity index (χ2n) is 6.15. The van der Waals surface area contributed by atoms with E-state index in [4.69, 9.17) is 0 Å². The highest BCUT2D eigenvalue weighted by Gasteiger charge is 2.28. The van der Waals surface area contributed by atoms with Crippen molar-refractivity contribution in [2.45, 2.75) is 38.0 Å². The van der Waals surface area contributed by atoms with Gasteiger partial charge in [-0.2, -0.15) is 0 Å². The highest BCUT2D eigenvalue weighted by Crippen LogP contribution is 2.25. The van der Waals surface area contributed by atoms with Crippen molar-refractivity contribution in [1.29, 1.82) is 0 Å². The van der Waals surface area contributed by atoms with E-state index in [1.807, 2.05) is 0 Å². The average Bonchev–Trinajstić information content (AvgIpc) is 2.68. The zero-order valence-electron chi connectivity index (χ0n) is 12.5. The maximum absolute atomic E-state index is 3.39. The average molecular weight is 260 g/mol. The van der Waals surface area contributed by atoms with Crippen LogP contribution in [0.2, 0.25) is 0 Å². The van der Waals surface area contributed by atoms with E-state index >= 15 is 0 Å². The molecule has 1 atom stereocenters. The number of hydrogen-bond donors (Lipinski definition) is 1. The van der Waals surface area contributed by atoms with E-state index in [9.17, 15) is 0 Å². The Morgan fingerprint density at radius 1 is 1.05 bits per heavy atom. The summed E-state index contributed by atoms with van der Waals surface area (Å²) < 4.78 is 0. The lowest BCUT2D eigenvalue weighted by atomic mass is 9.81. The van der Waals surface area contributed by atoms with Gasteiger partial charge in [0.25, 0.3) is 0 Å². The van der Waals surface area contributed by atoms with E-state index < -0.39 is 0 Å². The molecule has 0 saturated carbocycles. The first kappa shape index (κ1) is 14.5. The maximum Gasteiger partial charge on any atom is 0.0176 e. The van der Waals surface area contributed by atoms with Gasteiger partial charge in [0.05, 0.1) is 0 Å². The van der Waals surface area contributed by atoms with Gasteiger partial charge in [-0.15, -0.1) is 0 Å². The molecule has 1 N–H and O–H groups in total. The summed E-state index contributed by atoms with van der Waals surface area (Å²) in [4.78, 5) is 2.66. The Hall–Kier alpha value is -0.860. The molecule has 1 aliphatic rings. The predicted molar refractivity (Wildman–Crippen MR) is 82.6 cm³/mol. The number of hydrogen-bond acceptors (Lipinski definition) is 2. The summed E-state index contributed by atoms with van der Waals surface area (Å²) in [6.07, 6.45) is 5.55. The summed E-state index contributed by atoms with van der Waals surface area (Å²) in [5.41, 5.74) is 1.66. The Balaban J connectivity index is 2.10. The van der Waals surface area contributed by atoms with Crippen LogP contribution in [0.1, 0.15) is 38.2 Å². The van der Waals surface area contributed by atoms with E-state index in [0.29, 0.717) is 0 Å². The van der Waals surface area contributed by atoms with Gasteiger partial charge in [0.15, 0.2) is 0 Å². The third kappa shape index (κ3) is 4.05. The molecule has 1 saturated heterocycles. The zero-order chi connectivity index (χ0) is 13.6. The van der Waals surface area contributed by atoms with Crippen LogP contribution in [-0.4, -0.2) is 38.1 Å². The molecular formula is C17H28N2. The molecule has 0 bridgehead atoms. The number of benzene rings is 1. The predicted octanol–water partition coefficient (Wildman–Crippen LogP) is 3.04. The number of likely N-dealkylation sites (tertiary alicyclic amines) is 1. The Labute approximate surface area is 118 Å². The minimum atomic E-state index is 0.209. The molecule has 1 heterocycles. The third-order valence-corrected chi connectivity index (χ3v) is 4.31. The standard InChI is InChI=1S/C17H28N2/c1-17(14-18-2,16-10-6-5-7-11-16)15-19-12-8-3-4-9-13-19/h5-7,10-11,18H,3-4,8-9,12-15H2,1-2H3. The van der Waals surface area contributed by atoms with E-state index in [2.05, 4.69) is 54.5 Å². The first-order valence-electron chi connectivity index (χ1n) is 7.67. The fourth-order valence-electron chi connectivity index (χ4n) is 3.27. The smallest absolute Gasteiger partial charge is 0.0176 e. The minimum Gasteiger partial charge on any atom is -0.319 e. The summed E-state index contributed by atoms with van der Waals surface area (Å²) in [7, 11) is 2.06. The summed E-state index contributed by atoms with van der Waals surface area (Å²) in [5, 5.41) is 3.39. The molecule has 1 aromatic rings. The Kier molecular flexibility index (Phi) is 5.41. The molecule has 19 heavy (non-hydrogen) atoms. The molecule has 106 valence electrons. The number of likely N-dealkylation sites (N-methyl/N-ethyl adjacent to an activating group) is 1. The van der Waals surface area contributed by atoms with Crippen LogP contribution in [0.3, 0.4) is 0 Å². The van der Waals surface area contributed by atoms with Gasteiger partial charge in [-0.25, -0.2) is 0 Å². The van der Waals surface area contributed by atoms with Crippen LogP contribution in [-0.2, 0) is 5.41 Å². The summed E-state index contributed by atoms with van der Waals surface area (Å²) in [6.45, 7) is 7.13. The fraction of sp³-hybridized carbons (Fsp3) is 0.647. The fourth-order valence-corrected chi connectivity index (χ4v) is 3.27. The van der Waals surface area contributed by atoms with Gasteiger partial charge in [-0.05, 0) is 38.5 Å². The normalized spacial score (nSPS) is 20.7. The van der Waals surface area contributed by atoms with Crippen molar-refractivity contribution >= 4 is 0 Å². The van der Waals surface area contributed by atoms with Crippen LogP contribution in [0.4, 0.5) is 0 Å². The minimum absolute atomic E-state index is 0.209. The lowest BCUT2D eigenvalue weighted by Crippen LogP contribution is -2.45. The largest absolute Gasteiger partial charge is 0.319 e. The second kappa shape index (κ2) is 7.06. The van der Waals surface area contributed by atoms with E-state index in [0.717, 1.165) is 13.1 Å². The van der Waals surface area contributed by atoms with Crippen LogP contribution in [0.25, 0.3) is 0 Å². The Morgan fingerprint density at radius 3 is 2.26 bits per heavy atom.